The maximum absolute atomic E-state index is 5.02. The smallest absolute Gasteiger partial charge is 0.159 e. The summed E-state index contributed by atoms with van der Waals surface area (Å²) in [5.41, 5.74) is 6.81. The lowest BCUT2D eigenvalue weighted by molar-refractivity contribution is 1.18. The van der Waals surface area contributed by atoms with Crippen LogP contribution >= 0.6 is 0 Å². The molecule has 3 aromatic carbocycles. The van der Waals surface area contributed by atoms with Gasteiger partial charge in [0, 0.05) is 39.9 Å². The molecule has 0 aliphatic heterocycles. The van der Waals surface area contributed by atoms with Crippen LogP contribution in [-0.4, -0.2) is 19.9 Å². The largest absolute Gasteiger partial charge is 0.245 e. The zero-order chi connectivity index (χ0) is 21.3. The van der Waals surface area contributed by atoms with Crippen LogP contribution in [-0.2, 0) is 0 Å². The number of benzene rings is 3. The van der Waals surface area contributed by atoms with Gasteiger partial charge in [0.05, 0.1) is 22.4 Å². The van der Waals surface area contributed by atoms with Gasteiger partial charge in [-0.25, -0.2) is 19.9 Å². The minimum atomic E-state index is 0.717. The maximum atomic E-state index is 5.02. The van der Waals surface area contributed by atoms with E-state index in [0.717, 1.165) is 49.9 Å². The molecule has 0 saturated heterocycles. The average Bonchev–Trinajstić information content (AvgIpc) is 2.89. The van der Waals surface area contributed by atoms with E-state index in [4.69, 9.17) is 9.97 Å². The van der Waals surface area contributed by atoms with Crippen molar-refractivity contribution in [2.24, 2.45) is 0 Å². The third kappa shape index (κ3) is 3.28. The summed E-state index contributed by atoms with van der Waals surface area (Å²) in [5.74, 6) is 0.717. The van der Waals surface area contributed by atoms with Crippen molar-refractivity contribution in [3.63, 3.8) is 0 Å². The second-order valence-corrected chi connectivity index (χ2v) is 7.62. The summed E-state index contributed by atoms with van der Waals surface area (Å²) in [7, 11) is 0. The normalized spacial score (nSPS) is 11.1. The van der Waals surface area contributed by atoms with E-state index in [1.807, 2.05) is 36.4 Å². The summed E-state index contributed by atoms with van der Waals surface area (Å²) in [5, 5.41) is 2.16. The molecule has 0 amide bonds. The Morgan fingerprint density at radius 2 is 0.906 bits per heavy atom. The van der Waals surface area contributed by atoms with Gasteiger partial charge in [-0.2, -0.15) is 0 Å². The lowest BCUT2D eigenvalue weighted by atomic mass is 10.0. The summed E-state index contributed by atoms with van der Waals surface area (Å²) in [4.78, 5) is 18.6. The third-order valence-electron chi connectivity index (χ3n) is 5.59. The van der Waals surface area contributed by atoms with Crippen molar-refractivity contribution in [3.8, 4) is 33.9 Å². The zero-order valence-electron chi connectivity index (χ0n) is 17.2. The topological polar surface area (TPSA) is 51.6 Å². The Morgan fingerprint density at radius 3 is 1.50 bits per heavy atom. The number of pyridine rings is 2. The standard InChI is InChI=1S/C28H18N4/c1-2-5-19(6-3-1)24-15-13-21-9-10-22-14-16-25(32-27(22)26(21)31-24)20-7-11-23(12-8-20)28-29-17-4-18-30-28/h1-18H. The lowest BCUT2D eigenvalue weighted by Gasteiger charge is -2.08. The van der Waals surface area contributed by atoms with Crippen molar-refractivity contribution in [2.45, 2.75) is 0 Å². The van der Waals surface area contributed by atoms with Crippen LogP contribution in [0.1, 0.15) is 0 Å². The minimum Gasteiger partial charge on any atom is -0.245 e. The van der Waals surface area contributed by atoms with Gasteiger partial charge in [-0.15, -0.1) is 0 Å². The van der Waals surface area contributed by atoms with E-state index in [2.05, 4.69) is 70.6 Å². The van der Waals surface area contributed by atoms with E-state index in [1.54, 1.807) is 12.4 Å². The molecule has 4 heteroatoms. The number of nitrogens with zero attached hydrogens (tertiary/aromatic N) is 4. The van der Waals surface area contributed by atoms with Crippen LogP contribution in [0, 0.1) is 0 Å². The van der Waals surface area contributed by atoms with E-state index >= 15 is 0 Å². The van der Waals surface area contributed by atoms with Crippen LogP contribution in [0.25, 0.3) is 55.7 Å². The molecule has 0 N–H and O–H groups in total. The van der Waals surface area contributed by atoms with Gasteiger partial charge in [0.1, 0.15) is 0 Å². The van der Waals surface area contributed by atoms with E-state index in [9.17, 15) is 0 Å². The molecule has 3 aromatic heterocycles. The second-order valence-electron chi connectivity index (χ2n) is 7.62. The van der Waals surface area contributed by atoms with Gasteiger partial charge in [-0.1, -0.05) is 78.9 Å². The molecular weight excluding hydrogens is 392 g/mol. The molecule has 4 nitrogen and oxygen atoms in total. The molecule has 6 rings (SSSR count). The highest BCUT2D eigenvalue weighted by atomic mass is 14.8. The van der Waals surface area contributed by atoms with Crippen molar-refractivity contribution in [3.05, 3.63) is 109 Å². The van der Waals surface area contributed by atoms with Crippen LogP contribution in [0.3, 0.4) is 0 Å². The predicted octanol–water partition coefficient (Wildman–Crippen LogP) is 6.57. The molecule has 6 aromatic rings. The van der Waals surface area contributed by atoms with Crippen LogP contribution in [0.2, 0.25) is 0 Å². The monoisotopic (exact) mass is 410 g/mol. The van der Waals surface area contributed by atoms with Crippen LogP contribution in [0.5, 0.6) is 0 Å². The fourth-order valence-electron chi connectivity index (χ4n) is 3.94. The second kappa shape index (κ2) is 7.67. The number of aromatic nitrogens is 4. The molecule has 3 heterocycles. The van der Waals surface area contributed by atoms with Crippen LogP contribution in [0.15, 0.2) is 109 Å². The first-order chi connectivity index (χ1) is 15.8. The number of fused-ring (bicyclic) bond motifs is 3. The van der Waals surface area contributed by atoms with Gasteiger partial charge < -0.3 is 0 Å². The number of hydrogen-bond donors (Lipinski definition) is 0. The highest BCUT2D eigenvalue weighted by molar-refractivity contribution is 6.04. The van der Waals surface area contributed by atoms with Gasteiger partial charge in [-0.3, -0.25) is 0 Å². The fraction of sp³-hybridized carbons (Fsp3) is 0. The molecular formula is C28H18N4. The van der Waals surface area contributed by atoms with Crippen molar-refractivity contribution in [1.82, 2.24) is 19.9 Å². The number of rotatable bonds is 3. The molecule has 0 radical (unpaired) electrons. The van der Waals surface area contributed by atoms with Gasteiger partial charge in [0.15, 0.2) is 5.82 Å². The SMILES string of the molecule is c1ccc(-c2ccc3ccc4ccc(-c5ccc(-c6ncccn6)cc5)nc4c3n2)cc1. The summed E-state index contributed by atoms with van der Waals surface area (Å²) in [6.45, 7) is 0. The average molecular weight is 410 g/mol. The van der Waals surface area contributed by atoms with E-state index in [0.29, 0.717) is 5.82 Å². The van der Waals surface area contributed by atoms with E-state index < -0.39 is 0 Å². The van der Waals surface area contributed by atoms with Gasteiger partial charge in [-0.05, 0) is 18.2 Å². The first-order valence-corrected chi connectivity index (χ1v) is 10.5. The van der Waals surface area contributed by atoms with Gasteiger partial charge in [0.25, 0.3) is 0 Å². The molecule has 150 valence electrons. The number of hydrogen-bond acceptors (Lipinski definition) is 4. The van der Waals surface area contributed by atoms with E-state index in [-0.39, 0.29) is 0 Å². The molecule has 0 aliphatic rings. The highest BCUT2D eigenvalue weighted by Crippen LogP contribution is 2.29. The first kappa shape index (κ1) is 18.3. The van der Waals surface area contributed by atoms with Crippen LogP contribution < -0.4 is 0 Å². The Hall–Kier alpha value is -4.44. The van der Waals surface area contributed by atoms with Gasteiger partial charge >= 0.3 is 0 Å². The third-order valence-corrected chi connectivity index (χ3v) is 5.59. The molecule has 0 atom stereocenters. The first-order valence-electron chi connectivity index (χ1n) is 10.5. The molecule has 0 bridgehead atoms. The highest BCUT2D eigenvalue weighted by Gasteiger charge is 2.09. The van der Waals surface area contributed by atoms with Crippen molar-refractivity contribution < 1.29 is 0 Å². The minimum absolute atomic E-state index is 0.717. The van der Waals surface area contributed by atoms with Gasteiger partial charge in [0.2, 0.25) is 0 Å². The van der Waals surface area contributed by atoms with E-state index in [1.165, 1.54) is 0 Å². The molecule has 0 spiro atoms. The summed E-state index contributed by atoms with van der Waals surface area (Å²) < 4.78 is 0. The molecule has 32 heavy (non-hydrogen) atoms. The van der Waals surface area contributed by atoms with Crippen molar-refractivity contribution >= 4 is 21.8 Å². The van der Waals surface area contributed by atoms with Crippen LogP contribution in [0.4, 0.5) is 0 Å². The Labute approximate surface area is 185 Å². The summed E-state index contributed by atoms with van der Waals surface area (Å²) >= 11 is 0. The van der Waals surface area contributed by atoms with Crippen molar-refractivity contribution in [2.75, 3.05) is 0 Å². The summed E-state index contributed by atoms with van der Waals surface area (Å²) in [6.07, 6.45) is 3.51. The Balaban J connectivity index is 1.46. The molecule has 0 fully saturated rings. The summed E-state index contributed by atoms with van der Waals surface area (Å²) in [6, 6.07) is 32.8. The maximum Gasteiger partial charge on any atom is 0.159 e. The predicted molar refractivity (Wildman–Crippen MR) is 129 cm³/mol. The zero-order valence-corrected chi connectivity index (χ0v) is 17.2. The Bertz CT molecular complexity index is 1540. The fourth-order valence-corrected chi connectivity index (χ4v) is 3.94. The Kier molecular flexibility index (Phi) is 4.40. The molecule has 0 unspecified atom stereocenters. The van der Waals surface area contributed by atoms with Crippen molar-refractivity contribution in [1.29, 1.82) is 0 Å². The molecule has 0 aliphatic carbocycles. The Morgan fingerprint density at radius 1 is 0.406 bits per heavy atom. The lowest BCUT2D eigenvalue weighted by Crippen LogP contribution is -1.91. The molecule has 0 saturated carbocycles. The quantitative estimate of drug-likeness (QED) is 0.310.